The molecule has 1 aliphatic heterocycles. The van der Waals surface area contributed by atoms with E-state index in [9.17, 15) is 4.79 Å². The van der Waals surface area contributed by atoms with Crippen LogP contribution in [0.5, 0.6) is 0 Å². The molecule has 0 saturated carbocycles. The average molecular weight is 380 g/mol. The van der Waals surface area contributed by atoms with Crippen LogP contribution in [0.25, 0.3) is 11.3 Å². The number of hydrogen-bond acceptors (Lipinski definition) is 5. The van der Waals surface area contributed by atoms with Crippen LogP contribution in [-0.2, 0) is 20.7 Å². The van der Waals surface area contributed by atoms with Gasteiger partial charge in [-0.05, 0) is 19.1 Å². The molecule has 1 fully saturated rings. The number of benzene rings is 1. The van der Waals surface area contributed by atoms with Crippen molar-refractivity contribution in [1.82, 2.24) is 4.98 Å². The Morgan fingerprint density at radius 2 is 2.17 bits per heavy atom. The number of aromatic nitrogens is 1. The first-order valence-electron chi connectivity index (χ1n) is 7.61. The maximum Gasteiger partial charge on any atom is 0.306 e. The SMILES string of the molecule is Cc1nc(CCC(=O)O[C@@H]2CCOC2)oc1-c1ccc(Br)cc1. The van der Waals surface area contributed by atoms with Crippen LogP contribution in [0.2, 0.25) is 0 Å². The highest BCUT2D eigenvalue weighted by Crippen LogP contribution is 2.26. The third kappa shape index (κ3) is 4.20. The normalized spacial score (nSPS) is 17.4. The van der Waals surface area contributed by atoms with Crippen LogP contribution in [0.4, 0.5) is 0 Å². The van der Waals surface area contributed by atoms with Gasteiger partial charge in [-0.2, -0.15) is 0 Å². The second-order valence-electron chi connectivity index (χ2n) is 5.50. The fraction of sp³-hybridized carbons (Fsp3) is 0.412. The molecule has 3 rings (SSSR count). The van der Waals surface area contributed by atoms with E-state index in [-0.39, 0.29) is 18.5 Å². The van der Waals surface area contributed by atoms with E-state index in [1.807, 2.05) is 31.2 Å². The summed E-state index contributed by atoms with van der Waals surface area (Å²) in [5.41, 5.74) is 1.79. The van der Waals surface area contributed by atoms with Crippen LogP contribution >= 0.6 is 15.9 Å². The Morgan fingerprint density at radius 1 is 1.39 bits per heavy atom. The first kappa shape index (κ1) is 16.2. The van der Waals surface area contributed by atoms with Crippen molar-refractivity contribution in [2.75, 3.05) is 13.2 Å². The summed E-state index contributed by atoms with van der Waals surface area (Å²) in [6, 6.07) is 7.85. The van der Waals surface area contributed by atoms with E-state index in [0.717, 1.165) is 27.9 Å². The van der Waals surface area contributed by atoms with Crippen molar-refractivity contribution in [2.45, 2.75) is 32.3 Å². The molecule has 2 heterocycles. The number of carbonyl (C=O) groups excluding carboxylic acids is 1. The number of oxazole rings is 1. The zero-order valence-electron chi connectivity index (χ0n) is 12.9. The van der Waals surface area contributed by atoms with Gasteiger partial charge in [0.25, 0.3) is 0 Å². The van der Waals surface area contributed by atoms with Gasteiger partial charge in [-0.3, -0.25) is 4.79 Å². The number of nitrogens with zero attached hydrogens (tertiary/aromatic N) is 1. The Morgan fingerprint density at radius 3 is 2.87 bits per heavy atom. The van der Waals surface area contributed by atoms with Gasteiger partial charge in [0.1, 0.15) is 6.10 Å². The first-order chi connectivity index (χ1) is 11.1. The van der Waals surface area contributed by atoms with Gasteiger partial charge < -0.3 is 13.9 Å². The molecular weight excluding hydrogens is 362 g/mol. The molecule has 1 saturated heterocycles. The molecule has 1 aromatic carbocycles. The van der Waals surface area contributed by atoms with Crippen molar-refractivity contribution in [3.8, 4) is 11.3 Å². The van der Waals surface area contributed by atoms with Crippen LogP contribution in [0.15, 0.2) is 33.2 Å². The number of esters is 1. The van der Waals surface area contributed by atoms with E-state index in [2.05, 4.69) is 20.9 Å². The minimum atomic E-state index is -0.235. The monoisotopic (exact) mass is 379 g/mol. The van der Waals surface area contributed by atoms with Crippen LogP contribution in [0, 0.1) is 6.92 Å². The fourth-order valence-corrected chi connectivity index (χ4v) is 2.75. The van der Waals surface area contributed by atoms with E-state index in [1.165, 1.54) is 0 Å². The van der Waals surface area contributed by atoms with Gasteiger partial charge in [0.05, 0.1) is 25.3 Å². The smallest absolute Gasteiger partial charge is 0.306 e. The van der Waals surface area contributed by atoms with Gasteiger partial charge in [-0.1, -0.05) is 28.1 Å². The minimum absolute atomic E-state index is 0.105. The quantitative estimate of drug-likeness (QED) is 0.741. The van der Waals surface area contributed by atoms with Crippen molar-refractivity contribution >= 4 is 21.9 Å². The summed E-state index contributed by atoms with van der Waals surface area (Å²) in [5, 5.41) is 0. The Labute approximate surface area is 143 Å². The summed E-state index contributed by atoms with van der Waals surface area (Å²) in [4.78, 5) is 16.2. The molecule has 5 nitrogen and oxygen atoms in total. The third-order valence-corrected chi connectivity index (χ3v) is 4.20. The van der Waals surface area contributed by atoms with Crippen LogP contribution in [0.3, 0.4) is 0 Å². The first-order valence-corrected chi connectivity index (χ1v) is 8.40. The van der Waals surface area contributed by atoms with Crippen LogP contribution in [0.1, 0.15) is 24.4 Å². The summed E-state index contributed by atoms with van der Waals surface area (Å²) >= 11 is 3.41. The molecule has 6 heteroatoms. The van der Waals surface area contributed by atoms with E-state index in [0.29, 0.717) is 25.5 Å². The topological polar surface area (TPSA) is 61.6 Å². The summed E-state index contributed by atoms with van der Waals surface area (Å²) in [7, 11) is 0. The number of ether oxygens (including phenoxy) is 2. The van der Waals surface area contributed by atoms with E-state index < -0.39 is 0 Å². The number of carbonyl (C=O) groups is 1. The lowest BCUT2D eigenvalue weighted by atomic mass is 10.1. The molecule has 0 amide bonds. The molecule has 0 aliphatic carbocycles. The molecular formula is C17H18BrNO4. The standard InChI is InChI=1S/C17H18BrNO4/c1-11-17(12-2-4-13(18)5-3-12)23-15(19-11)6-7-16(20)22-14-8-9-21-10-14/h2-5,14H,6-10H2,1H3/t14-/m1/s1. The molecule has 0 unspecified atom stereocenters. The zero-order valence-corrected chi connectivity index (χ0v) is 14.5. The summed E-state index contributed by atoms with van der Waals surface area (Å²) in [6.45, 7) is 3.06. The van der Waals surface area contributed by atoms with Gasteiger partial charge in [0.15, 0.2) is 11.7 Å². The molecule has 23 heavy (non-hydrogen) atoms. The fourth-order valence-electron chi connectivity index (χ4n) is 2.49. The molecule has 0 bridgehead atoms. The maximum atomic E-state index is 11.8. The molecule has 0 radical (unpaired) electrons. The van der Waals surface area contributed by atoms with Crippen molar-refractivity contribution in [3.63, 3.8) is 0 Å². The van der Waals surface area contributed by atoms with Crippen molar-refractivity contribution in [3.05, 3.63) is 40.3 Å². The maximum absolute atomic E-state index is 11.8. The summed E-state index contributed by atoms with van der Waals surface area (Å²) < 4.78 is 17.3. The van der Waals surface area contributed by atoms with Crippen molar-refractivity contribution < 1.29 is 18.7 Å². The lowest BCUT2D eigenvalue weighted by Gasteiger charge is -2.08. The molecule has 2 aromatic rings. The highest BCUT2D eigenvalue weighted by atomic mass is 79.9. The predicted octanol–water partition coefficient (Wildman–Crippen LogP) is 3.68. The van der Waals surface area contributed by atoms with Crippen LogP contribution < -0.4 is 0 Å². The zero-order chi connectivity index (χ0) is 16.2. The molecule has 1 aliphatic rings. The van der Waals surface area contributed by atoms with E-state index in [1.54, 1.807) is 0 Å². The Bertz CT molecular complexity index is 674. The van der Waals surface area contributed by atoms with Crippen LogP contribution in [-0.4, -0.2) is 30.3 Å². The average Bonchev–Trinajstić information content (AvgIpc) is 3.16. The minimum Gasteiger partial charge on any atom is -0.460 e. The molecule has 1 atom stereocenters. The second-order valence-corrected chi connectivity index (χ2v) is 6.42. The number of rotatable bonds is 5. The molecule has 122 valence electrons. The van der Waals surface area contributed by atoms with Gasteiger partial charge in [0, 0.05) is 22.9 Å². The van der Waals surface area contributed by atoms with Gasteiger partial charge in [-0.25, -0.2) is 4.98 Å². The second kappa shape index (κ2) is 7.27. The molecule has 0 N–H and O–H groups in total. The van der Waals surface area contributed by atoms with Crippen molar-refractivity contribution in [1.29, 1.82) is 0 Å². The predicted molar refractivity (Wildman–Crippen MR) is 88.0 cm³/mol. The Hall–Kier alpha value is -1.66. The van der Waals surface area contributed by atoms with E-state index >= 15 is 0 Å². The Kier molecular flexibility index (Phi) is 5.13. The van der Waals surface area contributed by atoms with Gasteiger partial charge in [0.2, 0.25) is 0 Å². The lowest BCUT2D eigenvalue weighted by Crippen LogP contribution is -2.18. The number of halogens is 1. The lowest BCUT2D eigenvalue weighted by molar-refractivity contribution is -0.149. The highest BCUT2D eigenvalue weighted by Gasteiger charge is 2.20. The van der Waals surface area contributed by atoms with Gasteiger partial charge >= 0.3 is 5.97 Å². The summed E-state index contributed by atoms with van der Waals surface area (Å²) in [5.74, 6) is 1.06. The largest absolute Gasteiger partial charge is 0.460 e. The Balaban J connectivity index is 1.59. The number of hydrogen-bond donors (Lipinski definition) is 0. The highest BCUT2D eigenvalue weighted by molar-refractivity contribution is 9.10. The van der Waals surface area contributed by atoms with E-state index in [4.69, 9.17) is 13.9 Å². The number of aryl methyl sites for hydroxylation is 2. The van der Waals surface area contributed by atoms with Gasteiger partial charge in [-0.15, -0.1) is 0 Å². The molecule has 0 spiro atoms. The van der Waals surface area contributed by atoms with Crippen molar-refractivity contribution in [2.24, 2.45) is 0 Å². The summed E-state index contributed by atoms with van der Waals surface area (Å²) in [6.07, 6.45) is 1.37. The third-order valence-electron chi connectivity index (χ3n) is 3.68. The molecule has 1 aromatic heterocycles.